The van der Waals surface area contributed by atoms with E-state index in [9.17, 15) is 33.9 Å². The maximum absolute atomic E-state index is 12.6. The van der Waals surface area contributed by atoms with Crippen LogP contribution in [0, 0.1) is 5.92 Å². The highest BCUT2D eigenvalue weighted by Gasteiger charge is 2.30. The van der Waals surface area contributed by atoms with E-state index in [4.69, 9.17) is 16.6 Å². The lowest BCUT2D eigenvalue weighted by Crippen LogP contribution is -2.58. The molecule has 0 aliphatic rings. The number of thiol groups is 1. The van der Waals surface area contributed by atoms with Crippen molar-refractivity contribution in [1.82, 2.24) is 16.0 Å². The minimum absolute atomic E-state index is 0.144. The van der Waals surface area contributed by atoms with E-state index in [1.807, 2.05) is 6.92 Å². The zero-order valence-electron chi connectivity index (χ0n) is 18.6. The van der Waals surface area contributed by atoms with Crippen molar-refractivity contribution in [3.05, 3.63) is 0 Å². The number of nitrogens with two attached hydrogens (primary N) is 2. The molecule has 0 aromatic heterocycles. The van der Waals surface area contributed by atoms with Gasteiger partial charge >= 0.3 is 11.9 Å². The molecule has 13 nitrogen and oxygen atoms in total. The molecular formula is C19H33N5O8S. The highest BCUT2D eigenvalue weighted by Crippen LogP contribution is 2.07. The number of carboxylic acids is 2. The molecule has 4 amide bonds. The smallest absolute Gasteiger partial charge is 0.326 e. The zero-order chi connectivity index (χ0) is 25.7. The van der Waals surface area contributed by atoms with Gasteiger partial charge in [-0.25, -0.2) is 4.79 Å². The molecule has 0 radical (unpaired) electrons. The van der Waals surface area contributed by atoms with Crippen molar-refractivity contribution in [2.24, 2.45) is 17.4 Å². The Hall–Kier alpha value is -2.87. The summed E-state index contributed by atoms with van der Waals surface area (Å²) in [7, 11) is 0. The first-order valence-corrected chi connectivity index (χ1v) is 11.0. The molecule has 0 rings (SSSR count). The topological polar surface area (TPSA) is 231 Å². The third-order valence-electron chi connectivity index (χ3n) is 4.95. The van der Waals surface area contributed by atoms with E-state index in [0.29, 0.717) is 6.42 Å². The van der Waals surface area contributed by atoms with Crippen LogP contribution >= 0.6 is 12.6 Å². The molecule has 5 atom stereocenters. The fourth-order valence-electron chi connectivity index (χ4n) is 2.60. The second-order valence-electron chi connectivity index (χ2n) is 7.55. The summed E-state index contributed by atoms with van der Waals surface area (Å²) >= 11 is 4.03. The molecule has 9 N–H and O–H groups in total. The fraction of sp³-hybridized carbons (Fsp3) is 0.684. The Bertz CT molecular complexity index is 735. The van der Waals surface area contributed by atoms with E-state index in [1.165, 1.54) is 0 Å². The lowest BCUT2D eigenvalue weighted by molar-refractivity contribution is -0.143. The molecule has 33 heavy (non-hydrogen) atoms. The van der Waals surface area contributed by atoms with Gasteiger partial charge in [0, 0.05) is 18.6 Å². The Balaban J connectivity index is 5.38. The number of hydrogen-bond acceptors (Lipinski definition) is 8. The van der Waals surface area contributed by atoms with Crippen molar-refractivity contribution in [1.29, 1.82) is 0 Å². The summed E-state index contributed by atoms with van der Waals surface area (Å²) in [5.41, 5.74) is 10.8. The van der Waals surface area contributed by atoms with Gasteiger partial charge in [0.15, 0.2) is 0 Å². The van der Waals surface area contributed by atoms with Gasteiger partial charge in [0.2, 0.25) is 23.6 Å². The van der Waals surface area contributed by atoms with Gasteiger partial charge < -0.3 is 37.6 Å². The summed E-state index contributed by atoms with van der Waals surface area (Å²) < 4.78 is 0. The second kappa shape index (κ2) is 15.1. The van der Waals surface area contributed by atoms with E-state index >= 15 is 0 Å². The van der Waals surface area contributed by atoms with Crippen LogP contribution in [0.5, 0.6) is 0 Å². The summed E-state index contributed by atoms with van der Waals surface area (Å²) in [6.45, 7) is 3.61. The Labute approximate surface area is 196 Å². The number of carbonyl (C=O) groups excluding carboxylic acids is 4. The van der Waals surface area contributed by atoms with E-state index in [-0.39, 0.29) is 30.9 Å². The first-order valence-electron chi connectivity index (χ1n) is 10.3. The van der Waals surface area contributed by atoms with E-state index in [1.54, 1.807) is 6.92 Å². The number of amides is 4. The molecular weight excluding hydrogens is 458 g/mol. The third-order valence-corrected chi connectivity index (χ3v) is 5.31. The molecule has 0 fully saturated rings. The summed E-state index contributed by atoms with van der Waals surface area (Å²) in [5.74, 6) is -6.15. The predicted molar refractivity (Wildman–Crippen MR) is 120 cm³/mol. The van der Waals surface area contributed by atoms with Gasteiger partial charge in [-0.3, -0.25) is 24.0 Å². The van der Waals surface area contributed by atoms with Gasteiger partial charge in [0.05, 0.1) is 6.04 Å². The monoisotopic (exact) mass is 491 g/mol. The van der Waals surface area contributed by atoms with Gasteiger partial charge in [-0.05, 0) is 18.8 Å². The van der Waals surface area contributed by atoms with Crippen LogP contribution in [-0.2, 0) is 28.8 Å². The van der Waals surface area contributed by atoms with Crippen LogP contribution in [0.3, 0.4) is 0 Å². The second-order valence-corrected chi connectivity index (χ2v) is 7.92. The third kappa shape index (κ3) is 11.5. The molecule has 0 bridgehead atoms. The van der Waals surface area contributed by atoms with Crippen molar-refractivity contribution in [3.8, 4) is 0 Å². The quantitative estimate of drug-likeness (QED) is 0.111. The summed E-state index contributed by atoms with van der Waals surface area (Å²) in [6, 6.07) is -4.96. The number of carboxylic acid groups (broad SMARTS) is 2. The van der Waals surface area contributed by atoms with Crippen LogP contribution in [0.4, 0.5) is 0 Å². The van der Waals surface area contributed by atoms with Crippen LogP contribution in [0.2, 0.25) is 0 Å². The summed E-state index contributed by atoms with van der Waals surface area (Å²) in [6.07, 6.45) is -0.834. The summed E-state index contributed by atoms with van der Waals surface area (Å²) in [4.78, 5) is 70.8. The molecule has 0 saturated heterocycles. The van der Waals surface area contributed by atoms with Crippen LogP contribution in [0.25, 0.3) is 0 Å². The lowest BCUT2D eigenvalue weighted by atomic mass is 9.99. The molecule has 0 aliphatic carbocycles. The highest BCUT2D eigenvalue weighted by molar-refractivity contribution is 7.80. The van der Waals surface area contributed by atoms with Crippen LogP contribution in [0.15, 0.2) is 0 Å². The molecule has 5 unspecified atom stereocenters. The van der Waals surface area contributed by atoms with Gasteiger partial charge in [0.1, 0.15) is 18.1 Å². The Morgan fingerprint density at radius 2 is 1.33 bits per heavy atom. The lowest BCUT2D eigenvalue weighted by Gasteiger charge is -2.25. The average Bonchev–Trinajstić information content (AvgIpc) is 2.75. The maximum Gasteiger partial charge on any atom is 0.326 e. The number of nitrogens with one attached hydrogen (secondary N) is 3. The first-order chi connectivity index (χ1) is 15.3. The molecule has 0 heterocycles. The van der Waals surface area contributed by atoms with Crippen molar-refractivity contribution in [2.75, 3.05) is 5.75 Å². The van der Waals surface area contributed by atoms with Gasteiger partial charge in [0.25, 0.3) is 0 Å². The number of aliphatic carboxylic acids is 2. The van der Waals surface area contributed by atoms with Crippen molar-refractivity contribution < 1.29 is 39.0 Å². The van der Waals surface area contributed by atoms with Gasteiger partial charge in [-0.1, -0.05) is 20.3 Å². The van der Waals surface area contributed by atoms with E-state index in [0.717, 1.165) is 0 Å². The number of hydrogen-bond donors (Lipinski definition) is 8. The minimum Gasteiger partial charge on any atom is -0.481 e. The molecule has 0 saturated carbocycles. The van der Waals surface area contributed by atoms with Crippen molar-refractivity contribution in [2.45, 2.75) is 70.1 Å². The zero-order valence-corrected chi connectivity index (χ0v) is 19.5. The van der Waals surface area contributed by atoms with E-state index < -0.39 is 66.2 Å². The first kappa shape index (κ1) is 30.1. The average molecular weight is 492 g/mol. The van der Waals surface area contributed by atoms with Gasteiger partial charge in [-0.15, -0.1) is 0 Å². The highest BCUT2D eigenvalue weighted by atomic mass is 32.1. The number of rotatable bonds is 16. The number of carbonyl (C=O) groups is 6. The van der Waals surface area contributed by atoms with Crippen LogP contribution in [-0.4, -0.2) is 75.7 Å². The predicted octanol–water partition coefficient (Wildman–Crippen LogP) is -2.04. The fourth-order valence-corrected chi connectivity index (χ4v) is 2.86. The maximum atomic E-state index is 12.6. The van der Waals surface area contributed by atoms with Crippen molar-refractivity contribution in [3.63, 3.8) is 0 Å². The standard InChI is InChI=1S/C19H33N5O8S/c1-3-9(2)15(21)18(30)24-12(8-33)17(29)22-10(5-7-14(26)27)16(28)23-11(19(31)32)4-6-13(20)25/h9-12,15,33H,3-8,21H2,1-2H3,(H2,20,25)(H,22,29)(H,23,28)(H,24,30)(H,26,27)(H,31,32). The Morgan fingerprint density at radius 3 is 1.79 bits per heavy atom. The molecule has 0 aromatic rings. The summed E-state index contributed by atoms with van der Waals surface area (Å²) in [5, 5.41) is 25.1. The molecule has 14 heteroatoms. The molecule has 188 valence electrons. The number of primary amides is 1. The minimum atomic E-state index is -1.48. The van der Waals surface area contributed by atoms with Crippen LogP contribution < -0.4 is 27.4 Å². The van der Waals surface area contributed by atoms with Crippen molar-refractivity contribution >= 4 is 48.2 Å². The molecule has 0 aliphatic heterocycles. The normalized spacial score (nSPS) is 15.3. The van der Waals surface area contributed by atoms with Gasteiger partial charge in [-0.2, -0.15) is 12.6 Å². The Morgan fingerprint density at radius 1 is 0.848 bits per heavy atom. The van der Waals surface area contributed by atoms with E-state index in [2.05, 4.69) is 28.6 Å². The molecule has 0 aromatic carbocycles. The largest absolute Gasteiger partial charge is 0.481 e. The Kier molecular flexibility index (Phi) is 13.7. The molecule has 0 spiro atoms. The SMILES string of the molecule is CCC(C)C(N)C(=O)NC(CS)C(=O)NC(CCC(=O)O)C(=O)NC(CCC(N)=O)C(=O)O. The van der Waals surface area contributed by atoms with Crippen LogP contribution in [0.1, 0.15) is 46.0 Å².